The monoisotopic (exact) mass is 344 g/mol. The third-order valence-electron chi connectivity index (χ3n) is 5.58. The van der Waals surface area contributed by atoms with Crippen LogP contribution in [0.2, 0.25) is 0 Å². The van der Waals surface area contributed by atoms with Gasteiger partial charge >= 0.3 is 0 Å². The number of allylic oxidation sites excluding steroid dienone is 1. The van der Waals surface area contributed by atoms with Crippen LogP contribution in [-0.4, -0.2) is 46.8 Å². The summed E-state index contributed by atoms with van der Waals surface area (Å²) in [5, 5.41) is 8.52. The second kappa shape index (κ2) is 8.17. The van der Waals surface area contributed by atoms with Gasteiger partial charge in [-0.1, -0.05) is 31.8 Å². The Morgan fingerprint density at radius 3 is 2.60 bits per heavy atom. The second-order valence-corrected chi connectivity index (χ2v) is 7.74. The lowest BCUT2D eigenvalue weighted by Gasteiger charge is -2.29. The van der Waals surface area contributed by atoms with Crippen molar-refractivity contribution in [3.05, 3.63) is 29.6 Å². The molecule has 1 N–H and O–H groups in total. The highest BCUT2D eigenvalue weighted by molar-refractivity contribution is 5.93. The summed E-state index contributed by atoms with van der Waals surface area (Å²) in [7, 11) is 3.59. The molecular weight excluding hydrogens is 312 g/mol. The van der Waals surface area contributed by atoms with E-state index in [2.05, 4.69) is 17.0 Å². The minimum absolute atomic E-state index is 0.00850. The molecule has 1 fully saturated rings. The molecule has 1 saturated carbocycles. The van der Waals surface area contributed by atoms with Gasteiger partial charge in [-0.25, -0.2) is 0 Å². The van der Waals surface area contributed by atoms with Gasteiger partial charge in [-0.15, -0.1) is 6.58 Å². The quantitative estimate of drug-likeness (QED) is 0.660. The second-order valence-electron chi connectivity index (χ2n) is 7.74. The van der Waals surface area contributed by atoms with E-state index in [0.29, 0.717) is 24.3 Å². The number of nitrogens with zero attached hydrogens (tertiary/aromatic N) is 3. The van der Waals surface area contributed by atoms with E-state index < -0.39 is 0 Å². The Morgan fingerprint density at radius 1 is 1.24 bits per heavy atom. The molecule has 1 heterocycles. The zero-order valence-electron chi connectivity index (χ0n) is 15.8. The number of carbonyl (C=O) groups is 1. The molecule has 2 aliphatic rings. The van der Waals surface area contributed by atoms with Gasteiger partial charge in [0.15, 0.2) is 5.69 Å². The lowest BCUT2D eigenvalue weighted by molar-refractivity contribution is 0.0820. The van der Waals surface area contributed by atoms with E-state index in [1.165, 1.54) is 44.2 Å². The average molecular weight is 345 g/mol. The fraction of sp³-hybridized carbons (Fsp3) is 0.700. The smallest absolute Gasteiger partial charge is 0.274 e. The van der Waals surface area contributed by atoms with Gasteiger partial charge in [0.05, 0.1) is 6.54 Å². The van der Waals surface area contributed by atoms with E-state index in [0.717, 1.165) is 24.8 Å². The summed E-state index contributed by atoms with van der Waals surface area (Å²) < 4.78 is 1.97. The molecule has 0 spiro atoms. The van der Waals surface area contributed by atoms with Gasteiger partial charge < -0.3 is 10.2 Å². The Balaban J connectivity index is 1.78. The first-order chi connectivity index (χ1) is 12.1. The highest BCUT2D eigenvalue weighted by atomic mass is 16.2. The third-order valence-corrected chi connectivity index (χ3v) is 5.58. The van der Waals surface area contributed by atoms with Gasteiger partial charge in [-0.2, -0.15) is 5.10 Å². The maximum absolute atomic E-state index is 12.6. The molecule has 1 aromatic heterocycles. The average Bonchev–Trinajstić information content (AvgIpc) is 2.77. The fourth-order valence-electron chi connectivity index (χ4n) is 4.27. The van der Waals surface area contributed by atoms with E-state index in [1.807, 2.05) is 10.8 Å². The van der Waals surface area contributed by atoms with Crippen LogP contribution in [0.4, 0.5) is 0 Å². The van der Waals surface area contributed by atoms with Crippen LogP contribution in [0.3, 0.4) is 0 Å². The first-order valence-electron chi connectivity index (χ1n) is 9.77. The number of carbonyl (C=O) groups excluding carboxylic acids is 1. The maximum Gasteiger partial charge on any atom is 0.274 e. The van der Waals surface area contributed by atoms with E-state index in [1.54, 1.807) is 19.0 Å². The Hall–Kier alpha value is -1.62. The Labute approximate surface area is 151 Å². The van der Waals surface area contributed by atoms with Crippen LogP contribution in [0, 0.1) is 0 Å². The van der Waals surface area contributed by atoms with Crippen LogP contribution < -0.4 is 5.32 Å². The number of hydrogen-bond acceptors (Lipinski definition) is 3. The summed E-state index contributed by atoms with van der Waals surface area (Å²) in [6.07, 6.45) is 12.9. The Morgan fingerprint density at radius 2 is 1.96 bits per heavy atom. The van der Waals surface area contributed by atoms with Crippen molar-refractivity contribution in [1.29, 1.82) is 0 Å². The predicted molar refractivity (Wildman–Crippen MR) is 101 cm³/mol. The van der Waals surface area contributed by atoms with Gasteiger partial charge in [-0.3, -0.25) is 9.48 Å². The van der Waals surface area contributed by atoms with Gasteiger partial charge in [0.2, 0.25) is 0 Å². The summed E-state index contributed by atoms with van der Waals surface area (Å²) in [5.74, 6) is 0.00850. The van der Waals surface area contributed by atoms with Crippen LogP contribution in [-0.2, 0) is 19.4 Å². The molecule has 1 aromatic rings. The zero-order chi connectivity index (χ0) is 17.8. The minimum atomic E-state index is 0.00850. The lowest BCUT2D eigenvalue weighted by Crippen LogP contribution is -2.42. The van der Waals surface area contributed by atoms with Crippen LogP contribution in [0.5, 0.6) is 0 Å². The molecule has 0 unspecified atom stereocenters. The number of fused-ring (bicyclic) bond motifs is 1. The largest absolute Gasteiger partial charge is 0.343 e. The van der Waals surface area contributed by atoms with Crippen molar-refractivity contribution < 1.29 is 4.79 Å². The van der Waals surface area contributed by atoms with Crippen molar-refractivity contribution in [3.8, 4) is 0 Å². The molecule has 1 atom stereocenters. The van der Waals surface area contributed by atoms with Crippen LogP contribution in [0.1, 0.15) is 66.7 Å². The first-order valence-corrected chi connectivity index (χ1v) is 9.77. The molecule has 5 nitrogen and oxygen atoms in total. The highest BCUT2D eigenvalue weighted by Gasteiger charge is 2.30. The fourth-order valence-corrected chi connectivity index (χ4v) is 4.27. The van der Waals surface area contributed by atoms with Crippen molar-refractivity contribution in [3.63, 3.8) is 0 Å². The number of amides is 1. The summed E-state index contributed by atoms with van der Waals surface area (Å²) in [6, 6.07) is 1.11. The highest BCUT2D eigenvalue weighted by Crippen LogP contribution is 2.27. The maximum atomic E-state index is 12.6. The molecule has 0 radical (unpaired) electrons. The summed E-state index contributed by atoms with van der Waals surface area (Å²) in [4.78, 5) is 14.2. The molecule has 0 bridgehead atoms. The van der Waals surface area contributed by atoms with E-state index in [9.17, 15) is 4.79 Å². The van der Waals surface area contributed by atoms with Crippen molar-refractivity contribution >= 4 is 5.91 Å². The van der Waals surface area contributed by atoms with E-state index >= 15 is 0 Å². The van der Waals surface area contributed by atoms with Crippen LogP contribution in [0.15, 0.2) is 12.7 Å². The minimum Gasteiger partial charge on any atom is -0.343 e. The standard InChI is InChI=1S/C20H32N4O/c1-4-13-24-18-12-11-16(21-15-9-7-5-6-8-10-15)14-17(18)19(22-24)20(25)23(2)3/h4,15-16,21H,1,5-14H2,2-3H3/t16-/m0/s1. The molecule has 3 rings (SSSR count). The first kappa shape index (κ1) is 18.2. The van der Waals surface area contributed by atoms with E-state index in [4.69, 9.17) is 0 Å². The molecule has 0 saturated heterocycles. The Kier molecular flexibility index (Phi) is 5.94. The van der Waals surface area contributed by atoms with Gasteiger partial charge in [0.1, 0.15) is 0 Å². The lowest BCUT2D eigenvalue weighted by atomic mass is 9.90. The molecule has 2 aliphatic carbocycles. The summed E-state index contributed by atoms with van der Waals surface area (Å²) in [6.45, 7) is 4.50. The molecule has 1 amide bonds. The molecule has 138 valence electrons. The summed E-state index contributed by atoms with van der Waals surface area (Å²) in [5.41, 5.74) is 3.01. The normalized spacial score (nSPS) is 21.4. The molecule has 5 heteroatoms. The van der Waals surface area contributed by atoms with Crippen molar-refractivity contribution in [1.82, 2.24) is 20.0 Å². The van der Waals surface area contributed by atoms with Crippen LogP contribution in [0.25, 0.3) is 0 Å². The van der Waals surface area contributed by atoms with Gasteiger partial charge in [-0.05, 0) is 32.1 Å². The number of nitrogens with one attached hydrogen (secondary N) is 1. The van der Waals surface area contributed by atoms with Gasteiger partial charge in [0, 0.05) is 37.4 Å². The Bertz CT molecular complexity index is 611. The number of rotatable bonds is 5. The zero-order valence-corrected chi connectivity index (χ0v) is 15.8. The van der Waals surface area contributed by atoms with Crippen molar-refractivity contribution in [2.45, 2.75) is 76.4 Å². The number of aromatic nitrogens is 2. The SMILES string of the molecule is C=CCn1nc(C(=O)N(C)C)c2c1CC[C@H](NC1CCCCCC1)C2. The van der Waals surface area contributed by atoms with Crippen LogP contribution >= 0.6 is 0 Å². The molecule has 25 heavy (non-hydrogen) atoms. The van der Waals surface area contributed by atoms with Gasteiger partial charge in [0.25, 0.3) is 5.91 Å². The summed E-state index contributed by atoms with van der Waals surface area (Å²) >= 11 is 0. The molecular formula is C20H32N4O. The number of hydrogen-bond donors (Lipinski definition) is 1. The van der Waals surface area contributed by atoms with Crippen molar-refractivity contribution in [2.24, 2.45) is 0 Å². The topological polar surface area (TPSA) is 50.2 Å². The van der Waals surface area contributed by atoms with Crippen molar-refractivity contribution in [2.75, 3.05) is 14.1 Å². The molecule has 0 aliphatic heterocycles. The third kappa shape index (κ3) is 4.14. The predicted octanol–water partition coefficient (Wildman–Crippen LogP) is 2.94. The van der Waals surface area contributed by atoms with E-state index in [-0.39, 0.29) is 5.91 Å². The molecule has 0 aromatic carbocycles.